The third-order valence-corrected chi connectivity index (χ3v) is 5.48. The Morgan fingerprint density at radius 2 is 2.24 bits per heavy atom. The third kappa shape index (κ3) is 3.18. The van der Waals surface area contributed by atoms with Gasteiger partial charge in [-0.15, -0.1) is 11.3 Å². The second kappa shape index (κ2) is 6.12. The summed E-state index contributed by atoms with van der Waals surface area (Å²) in [4.78, 5) is 17.1. The first-order valence-electron chi connectivity index (χ1n) is 7.57. The summed E-state index contributed by atoms with van der Waals surface area (Å²) < 4.78 is 11.4. The van der Waals surface area contributed by atoms with Gasteiger partial charge in [-0.3, -0.25) is 4.79 Å². The van der Waals surface area contributed by atoms with E-state index >= 15 is 0 Å². The maximum atomic E-state index is 12.7. The van der Waals surface area contributed by atoms with Crippen molar-refractivity contribution >= 4 is 17.1 Å². The number of ketones is 1. The number of hydrogen-bond acceptors (Lipinski definition) is 6. The van der Waals surface area contributed by atoms with Gasteiger partial charge in [0.2, 0.25) is 0 Å². The summed E-state index contributed by atoms with van der Waals surface area (Å²) in [5.41, 5.74) is 6.23. The van der Waals surface area contributed by atoms with Crippen LogP contribution in [-0.2, 0) is 9.47 Å². The number of hydrogen-bond donors (Lipinski definition) is 1. The molecular formula is C15H22N2O3S. The van der Waals surface area contributed by atoms with E-state index in [9.17, 15) is 4.79 Å². The van der Waals surface area contributed by atoms with Crippen molar-refractivity contribution in [3.8, 4) is 0 Å². The SMILES string of the molecule is CC(N)c1nc(C(=O)C2CCOC3(CCOCC3)C2)cs1. The molecule has 0 radical (unpaired) electrons. The van der Waals surface area contributed by atoms with Crippen molar-refractivity contribution in [3.63, 3.8) is 0 Å². The Morgan fingerprint density at radius 3 is 2.90 bits per heavy atom. The van der Waals surface area contributed by atoms with E-state index in [2.05, 4.69) is 4.98 Å². The highest BCUT2D eigenvalue weighted by Crippen LogP contribution is 2.38. The Balaban J connectivity index is 1.71. The molecule has 2 aliphatic heterocycles. The number of carbonyl (C=O) groups is 1. The second-order valence-corrected chi connectivity index (χ2v) is 6.95. The van der Waals surface area contributed by atoms with Gasteiger partial charge in [0.1, 0.15) is 10.7 Å². The molecule has 21 heavy (non-hydrogen) atoms. The molecule has 2 fully saturated rings. The topological polar surface area (TPSA) is 74.4 Å². The second-order valence-electron chi connectivity index (χ2n) is 6.06. The van der Waals surface area contributed by atoms with Gasteiger partial charge in [0, 0.05) is 31.1 Å². The molecule has 116 valence electrons. The van der Waals surface area contributed by atoms with Gasteiger partial charge in [-0.1, -0.05) is 0 Å². The number of nitrogens with zero attached hydrogens (tertiary/aromatic N) is 1. The van der Waals surface area contributed by atoms with Crippen molar-refractivity contribution in [2.75, 3.05) is 19.8 Å². The van der Waals surface area contributed by atoms with Crippen molar-refractivity contribution in [1.82, 2.24) is 4.98 Å². The summed E-state index contributed by atoms with van der Waals surface area (Å²) in [6.45, 7) is 4.00. The van der Waals surface area contributed by atoms with E-state index in [0.717, 1.165) is 43.9 Å². The number of Topliss-reactive ketones (excluding diaryl/α,β-unsaturated/α-hetero) is 1. The Hall–Kier alpha value is -0.820. The highest BCUT2D eigenvalue weighted by atomic mass is 32.1. The molecule has 3 rings (SSSR count). The molecule has 0 amide bonds. The zero-order valence-electron chi connectivity index (χ0n) is 12.3. The van der Waals surface area contributed by atoms with E-state index < -0.39 is 0 Å². The van der Waals surface area contributed by atoms with Crippen molar-refractivity contribution in [1.29, 1.82) is 0 Å². The standard InChI is InChI=1S/C15H22N2O3S/c1-10(16)14-17-12(9-21-14)13(18)11-2-5-20-15(8-11)3-6-19-7-4-15/h9-11H,2-8,16H2,1H3. The minimum Gasteiger partial charge on any atom is -0.381 e. The van der Waals surface area contributed by atoms with E-state index in [1.165, 1.54) is 11.3 Å². The lowest BCUT2D eigenvalue weighted by Crippen LogP contribution is -2.45. The molecule has 0 bridgehead atoms. The van der Waals surface area contributed by atoms with Crippen LogP contribution in [0.15, 0.2) is 5.38 Å². The average molecular weight is 310 g/mol. The molecule has 0 aliphatic carbocycles. The van der Waals surface area contributed by atoms with Gasteiger partial charge in [-0.2, -0.15) is 0 Å². The minimum atomic E-state index is -0.156. The van der Waals surface area contributed by atoms with Crippen molar-refractivity contribution < 1.29 is 14.3 Å². The Kier molecular flexibility index (Phi) is 4.40. The fourth-order valence-electron chi connectivity index (χ4n) is 3.16. The summed E-state index contributed by atoms with van der Waals surface area (Å²) in [7, 11) is 0. The summed E-state index contributed by atoms with van der Waals surface area (Å²) in [6.07, 6.45) is 3.35. The molecule has 0 saturated carbocycles. The van der Waals surface area contributed by atoms with Gasteiger partial charge in [0.25, 0.3) is 0 Å². The summed E-state index contributed by atoms with van der Waals surface area (Å²) in [5, 5.41) is 2.67. The van der Waals surface area contributed by atoms with Crippen LogP contribution in [0.5, 0.6) is 0 Å². The maximum absolute atomic E-state index is 12.7. The van der Waals surface area contributed by atoms with Crippen molar-refractivity contribution in [2.45, 2.75) is 44.2 Å². The molecule has 6 heteroatoms. The van der Waals surface area contributed by atoms with Gasteiger partial charge in [-0.05, 0) is 32.6 Å². The molecule has 0 aromatic carbocycles. The van der Waals surface area contributed by atoms with E-state index in [0.29, 0.717) is 12.3 Å². The van der Waals surface area contributed by atoms with Gasteiger partial charge in [0.15, 0.2) is 5.78 Å². The first-order valence-corrected chi connectivity index (χ1v) is 8.44. The molecule has 1 aromatic rings. The maximum Gasteiger partial charge on any atom is 0.185 e. The number of nitrogens with two attached hydrogens (primary N) is 1. The van der Waals surface area contributed by atoms with Crippen LogP contribution in [0.2, 0.25) is 0 Å². The van der Waals surface area contributed by atoms with E-state index in [-0.39, 0.29) is 23.3 Å². The number of ether oxygens (including phenoxy) is 2. The van der Waals surface area contributed by atoms with Crippen LogP contribution in [0.1, 0.15) is 54.1 Å². The lowest BCUT2D eigenvalue weighted by Gasteiger charge is -2.42. The summed E-state index contributed by atoms with van der Waals surface area (Å²) in [6, 6.07) is -0.118. The summed E-state index contributed by atoms with van der Waals surface area (Å²) in [5.74, 6) is 0.159. The van der Waals surface area contributed by atoms with E-state index in [1.54, 1.807) is 0 Å². The van der Waals surface area contributed by atoms with Crippen LogP contribution in [-0.4, -0.2) is 36.2 Å². The molecule has 5 nitrogen and oxygen atoms in total. The van der Waals surface area contributed by atoms with Gasteiger partial charge >= 0.3 is 0 Å². The molecular weight excluding hydrogens is 288 g/mol. The third-order valence-electron chi connectivity index (χ3n) is 4.43. The highest BCUT2D eigenvalue weighted by Gasteiger charge is 2.41. The number of thiazole rings is 1. The van der Waals surface area contributed by atoms with E-state index in [4.69, 9.17) is 15.2 Å². The van der Waals surface area contributed by atoms with Gasteiger partial charge < -0.3 is 15.2 Å². The molecule has 2 N–H and O–H groups in total. The Labute approximate surface area is 128 Å². The van der Waals surface area contributed by atoms with Crippen molar-refractivity contribution in [3.05, 3.63) is 16.1 Å². The van der Waals surface area contributed by atoms with Crippen LogP contribution in [0.25, 0.3) is 0 Å². The molecule has 3 heterocycles. The average Bonchev–Trinajstić information content (AvgIpc) is 2.97. The molecule has 1 spiro atoms. The molecule has 2 aliphatic rings. The lowest BCUT2D eigenvalue weighted by molar-refractivity contribution is -0.142. The van der Waals surface area contributed by atoms with Gasteiger partial charge in [0.05, 0.1) is 11.6 Å². The molecule has 1 aromatic heterocycles. The van der Waals surface area contributed by atoms with Crippen LogP contribution in [0.3, 0.4) is 0 Å². The summed E-state index contributed by atoms with van der Waals surface area (Å²) >= 11 is 1.47. The highest BCUT2D eigenvalue weighted by molar-refractivity contribution is 7.09. The van der Waals surface area contributed by atoms with Crippen molar-refractivity contribution in [2.24, 2.45) is 11.7 Å². The molecule has 2 saturated heterocycles. The Morgan fingerprint density at radius 1 is 1.48 bits per heavy atom. The first kappa shape index (κ1) is 15.1. The minimum absolute atomic E-state index is 0.0138. The zero-order chi connectivity index (χ0) is 14.9. The Bertz CT molecular complexity index is 503. The van der Waals surface area contributed by atoms with Crippen LogP contribution >= 0.6 is 11.3 Å². The number of rotatable bonds is 3. The monoisotopic (exact) mass is 310 g/mol. The largest absolute Gasteiger partial charge is 0.381 e. The first-order chi connectivity index (χ1) is 10.1. The predicted molar refractivity (Wildman–Crippen MR) is 80.5 cm³/mol. The fourth-order valence-corrected chi connectivity index (χ4v) is 3.93. The van der Waals surface area contributed by atoms with E-state index in [1.807, 2.05) is 12.3 Å². The molecule has 2 unspecified atom stereocenters. The van der Waals surface area contributed by atoms with Crippen LogP contribution < -0.4 is 5.73 Å². The predicted octanol–water partition coefficient (Wildman–Crippen LogP) is 2.32. The number of aromatic nitrogens is 1. The van der Waals surface area contributed by atoms with Gasteiger partial charge in [-0.25, -0.2) is 4.98 Å². The lowest BCUT2D eigenvalue weighted by atomic mass is 9.78. The normalized spacial score (nSPS) is 26.7. The smallest absolute Gasteiger partial charge is 0.185 e. The van der Waals surface area contributed by atoms with Crippen LogP contribution in [0.4, 0.5) is 0 Å². The van der Waals surface area contributed by atoms with Crippen LogP contribution in [0, 0.1) is 5.92 Å². The quantitative estimate of drug-likeness (QED) is 0.867. The zero-order valence-corrected chi connectivity index (χ0v) is 13.2. The number of carbonyl (C=O) groups excluding carboxylic acids is 1. The fraction of sp³-hybridized carbons (Fsp3) is 0.733. The molecule has 2 atom stereocenters.